The van der Waals surface area contributed by atoms with Gasteiger partial charge in [0.15, 0.2) is 0 Å². The number of carbonyl (C=O) groups is 3. The summed E-state index contributed by atoms with van der Waals surface area (Å²) in [6, 6.07) is 12.9. The third-order valence-corrected chi connectivity index (χ3v) is 4.92. The van der Waals surface area contributed by atoms with Crippen molar-refractivity contribution < 1.29 is 19.1 Å². The maximum Gasteiger partial charge on any atom is 0.335 e. The van der Waals surface area contributed by atoms with E-state index in [9.17, 15) is 14.4 Å². The van der Waals surface area contributed by atoms with Crippen LogP contribution in [0.2, 0.25) is 0 Å². The number of hydrogen-bond donors (Lipinski definition) is 0. The van der Waals surface area contributed by atoms with Crippen molar-refractivity contribution in [3.05, 3.63) is 65.2 Å². The van der Waals surface area contributed by atoms with E-state index in [1.54, 1.807) is 50.2 Å². The van der Waals surface area contributed by atoms with E-state index in [4.69, 9.17) is 4.74 Å². The van der Waals surface area contributed by atoms with Gasteiger partial charge in [-0.1, -0.05) is 58.9 Å². The summed E-state index contributed by atoms with van der Waals surface area (Å²) in [5.74, 6) is -1.43. The normalized spacial score (nSPS) is 15.0. The van der Waals surface area contributed by atoms with Crippen LogP contribution in [0.25, 0.3) is 0 Å². The Labute approximate surface area is 165 Å². The van der Waals surface area contributed by atoms with E-state index in [0.29, 0.717) is 16.9 Å². The first-order chi connectivity index (χ1) is 13.1. The predicted octanol–water partition coefficient (Wildman–Crippen LogP) is 4.21. The number of rotatable bonds is 4. The fourth-order valence-corrected chi connectivity index (χ4v) is 3.34. The molecule has 0 aliphatic carbocycles. The monoisotopic (exact) mass is 379 g/mol. The van der Waals surface area contributed by atoms with Gasteiger partial charge < -0.3 is 4.74 Å². The average molecular weight is 379 g/mol. The van der Waals surface area contributed by atoms with Gasteiger partial charge in [0.05, 0.1) is 11.1 Å². The molecule has 0 saturated carbocycles. The second-order valence-corrected chi connectivity index (χ2v) is 8.41. The average Bonchev–Trinajstić information content (AvgIpc) is 2.87. The van der Waals surface area contributed by atoms with Crippen LogP contribution in [0.3, 0.4) is 0 Å². The van der Waals surface area contributed by atoms with Gasteiger partial charge in [0, 0.05) is 0 Å². The highest BCUT2D eigenvalue weighted by molar-refractivity contribution is 6.22. The van der Waals surface area contributed by atoms with Gasteiger partial charge in [-0.3, -0.25) is 14.5 Å². The SMILES string of the molecule is CC(C)C(C(=O)Oc1ccc(C(C)(C)C)cc1)N1C(=O)c2ccccc2C1=O. The zero-order valence-corrected chi connectivity index (χ0v) is 16.9. The van der Waals surface area contributed by atoms with Crippen LogP contribution in [-0.4, -0.2) is 28.7 Å². The van der Waals surface area contributed by atoms with Crippen molar-refractivity contribution in [1.82, 2.24) is 4.90 Å². The second-order valence-electron chi connectivity index (χ2n) is 8.41. The molecule has 0 spiro atoms. The molecule has 28 heavy (non-hydrogen) atoms. The van der Waals surface area contributed by atoms with Gasteiger partial charge in [0.25, 0.3) is 11.8 Å². The molecule has 1 unspecified atom stereocenters. The Kier molecular flexibility index (Phi) is 5.11. The molecule has 5 nitrogen and oxygen atoms in total. The highest BCUT2D eigenvalue weighted by Crippen LogP contribution is 2.29. The third-order valence-electron chi connectivity index (χ3n) is 4.92. The fourth-order valence-electron chi connectivity index (χ4n) is 3.34. The molecule has 0 aromatic heterocycles. The zero-order chi connectivity index (χ0) is 20.6. The van der Waals surface area contributed by atoms with Crippen LogP contribution < -0.4 is 4.74 Å². The molecule has 0 saturated heterocycles. The van der Waals surface area contributed by atoms with E-state index in [2.05, 4.69) is 20.8 Å². The molecule has 3 rings (SSSR count). The van der Waals surface area contributed by atoms with Crippen molar-refractivity contribution in [2.24, 2.45) is 5.92 Å². The zero-order valence-electron chi connectivity index (χ0n) is 16.9. The van der Waals surface area contributed by atoms with E-state index in [-0.39, 0.29) is 11.3 Å². The molecule has 0 bridgehead atoms. The van der Waals surface area contributed by atoms with Gasteiger partial charge in [-0.2, -0.15) is 0 Å². The van der Waals surface area contributed by atoms with Gasteiger partial charge in [0.1, 0.15) is 11.8 Å². The Balaban J connectivity index is 1.84. The number of carbonyl (C=O) groups excluding carboxylic acids is 3. The summed E-state index contributed by atoms with van der Waals surface area (Å²) in [5, 5.41) is 0. The third kappa shape index (κ3) is 3.57. The highest BCUT2D eigenvalue weighted by Gasteiger charge is 2.44. The molecule has 0 N–H and O–H groups in total. The molecule has 0 fully saturated rings. The lowest BCUT2D eigenvalue weighted by Gasteiger charge is -2.27. The van der Waals surface area contributed by atoms with Crippen molar-refractivity contribution in [2.75, 3.05) is 0 Å². The van der Waals surface area contributed by atoms with E-state index < -0.39 is 23.8 Å². The fraction of sp³-hybridized carbons (Fsp3) is 0.348. The van der Waals surface area contributed by atoms with Gasteiger partial charge in [-0.15, -0.1) is 0 Å². The standard InChI is InChI=1S/C23H25NO4/c1-14(2)19(24-20(25)17-8-6-7-9-18(17)21(24)26)22(27)28-16-12-10-15(11-13-16)23(3,4)5/h6-14,19H,1-5H3. The first-order valence-electron chi connectivity index (χ1n) is 9.40. The minimum atomic E-state index is -0.991. The van der Waals surface area contributed by atoms with Crippen LogP contribution in [-0.2, 0) is 10.2 Å². The smallest absolute Gasteiger partial charge is 0.335 e. The lowest BCUT2D eigenvalue weighted by molar-refractivity contribution is -0.140. The number of esters is 1. The lowest BCUT2D eigenvalue weighted by Crippen LogP contribution is -2.49. The first kappa shape index (κ1) is 19.8. The maximum atomic E-state index is 12.9. The number of nitrogens with zero attached hydrogens (tertiary/aromatic N) is 1. The number of imide groups is 1. The summed E-state index contributed by atoms with van der Waals surface area (Å²) in [6.45, 7) is 9.89. The van der Waals surface area contributed by atoms with E-state index in [0.717, 1.165) is 10.5 Å². The Hall–Kier alpha value is -2.95. The molecule has 1 aliphatic rings. The molecule has 1 heterocycles. The second kappa shape index (κ2) is 7.23. The molecule has 2 aromatic carbocycles. The summed E-state index contributed by atoms with van der Waals surface area (Å²) in [6.07, 6.45) is 0. The molecule has 5 heteroatoms. The van der Waals surface area contributed by atoms with Crippen LogP contribution in [0.1, 0.15) is 60.9 Å². The van der Waals surface area contributed by atoms with Crippen molar-refractivity contribution in [3.8, 4) is 5.75 Å². The number of hydrogen-bond acceptors (Lipinski definition) is 4. The highest BCUT2D eigenvalue weighted by atomic mass is 16.5. The van der Waals surface area contributed by atoms with Crippen LogP contribution in [0.15, 0.2) is 48.5 Å². The lowest BCUT2D eigenvalue weighted by atomic mass is 9.87. The summed E-state index contributed by atoms with van der Waals surface area (Å²) in [4.78, 5) is 39.5. The predicted molar refractivity (Wildman–Crippen MR) is 106 cm³/mol. The van der Waals surface area contributed by atoms with Crippen molar-refractivity contribution in [1.29, 1.82) is 0 Å². The van der Waals surface area contributed by atoms with Gasteiger partial charge >= 0.3 is 5.97 Å². The summed E-state index contributed by atoms with van der Waals surface area (Å²) in [7, 11) is 0. The Morgan fingerprint density at radius 2 is 1.39 bits per heavy atom. The molecule has 1 atom stereocenters. The molecule has 2 aromatic rings. The number of fused-ring (bicyclic) bond motifs is 1. The molecular formula is C23H25NO4. The maximum absolute atomic E-state index is 12.9. The number of ether oxygens (including phenoxy) is 1. The topological polar surface area (TPSA) is 63.7 Å². The van der Waals surface area contributed by atoms with Crippen LogP contribution in [0.4, 0.5) is 0 Å². The molecule has 0 radical (unpaired) electrons. The molecular weight excluding hydrogens is 354 g/mol. The minimum Gasteiger partial charge on any atom is -0.425 e. The van der Waals surface area contributed by atoms with Gasteiger partial charge in [0.2, 0.25) is 0 Å². The summed E-state index contributed by atoms with van der Waals surface area (Å²) < 4.78 is 5.53. The molecule has 146 valence electrons. The summed E-state index contributed by atoms with van der Waals surface area (Å²) in [5.41, 5.74) is 1.75. The van der Waals surface area contributed by atoms with Crippen molar-refractivity contribution in [3.63, 3.8) is 0 Å². The van der Waals surface area contributed by atoms with Crippen LogP contribution in [0, 0.1) is 5.92 Å². The van der Waals surface area contributed by atoms with E-state index in [1.807, 2.05) is 12.1 Å². The van der Waals surface area contributed by atoms with Gasteiger partial charge in [-0.25, -0.2) is 4.79 Å². The number of benzene rings is 2. The van der Waals surface area contributed by atoms with E-state index in [1.165, 1.54) is 0 Å². The van der Waals surface area contributed by atoms with Crippen LogP contribution in [0.5, 0.6) is 5.75 Å². The van der Waals surface area contributed by atoms with Crippen LogP contribution >= 0.6 is 0 Å². The molecule has 1 aliphatic heterocycles. The largest absolute Gasteiger partial charge is 0.425 e. The Bertz CT molecular complexity index is 887. The first-order valence-corrected chi connectivity index (χ1v) is 9.40. The van der Waals surface area contributed by atoms with Gasteiger partial charge in [-0.05, 0) is 41.2 Å². The Morgan fingerprint density at radius 1 is 0.893 bits per heavy atom. The number of amides is 2. The molecule has 2 amide bonds. The Morgan fingerprint density at radius 3 is 1.82 bits per heavy atom. The van der Waals surface area contributed by atoms with Crippen molar-refractivity contribution >= 4 is 17.8 Å². The minimum absolute atomic E-state index is 0.0107. The van der Waals surface area contributed by atoms with Crippen molar-refractivity contribution in [2.45, 2.75) is 46.1 Å². The quantitative estimate of drug-likeness (QED) is 0.453. The van der Waals surface area contributed by atoms with E-state index >= 15 is 0 Å². The summed E-state index contributed by atoms with van der Waals surface area (Å²) >= 11 is 0.